The Kier molecular flexibility index (Phi) is 6.26. The molecule has 0 aromatic heterocycles. The average molecular weight is 282 g/mol. The van der Waals surface area contributed by atoms with Crippen LogP contribution in [0.4, 0.5) is 0 Å². The van der Waals surface area contributed by atoms with Gasteiger partial charge in [0.15, 0.2) is 0 Å². The van der Waals surface area contributed by atoms with Crippen molar-refractivity contribution in [3.63, 3.8) is 0 Å². The minimum absolute atomic E-state index is 0.513. The predicted molar refractivity (Wildman–Crippen MR) is 65.9 cm³/mol. The van der Waals surface area contributed by atoms with Crippen LogP contribution in [0.3, 0.4) is 0 Å². The molecule has 1 radical (unpaired) electrons. The van der Waals surface area contributed by atoms with Crippen molar-refractivity contribution in [2.45, 2.75) is 34.1 Å². The van der Waals surface area contributed by atoms with Gasteiger partial charge in [0.2, 0.25) is 4.86 Å². The third kappa shape index (κ3) is 7.46. The van der Waals surface area contributed by atoms with Gasteiger partial charge in [-0.2, -0.15) is 22.4 Å². The van der Waals surface area contributed by atoms with Crippen LogP contribution in [0.15, 0.2) is 0 Å². The first-order valence-corrected chi connectivity index (χ1v) is 6.45. The largest absolute Gasteiger partial charge is 0.230 e. The Bertz CT molecular complexity index is 104. The lowest BCUT2D eigenvalue weighted by atomic mass is 9.86. The molecule has 1 unspecified atom stereocenters. The fraction of sp³-hybridized carbons (Fsp3) is 0.875. The monoisotopic (exact) mass is 282 g/mol. The van der Waals surface area contributed by atoms with Gasteiger partial charge >= 0.3 is 0 Å². The second-order valence-electron chi connectivity index (χ2n) is 4.04. The maximum absolute atomic E-state index is 2.35. The lowest BCUT2D eigenvalue weighted by Crippen LogP contribution is -2.16. The van der Waals surface area contributed by atoms with E-state index < -0.39 is 0 Å². The van der Waals surface area contributed by atoms with E-state index in [1.807, 2.05) is 0 Å². The fourth-order valence-electron chi connectivity index (χ4n) is 1.33. The summed E-state index contributed by atoms with van der Waals surface area (Å²) < 4.78 is 0. The summed E-state index contributed by atoms with van der Waals surface area (Å²) in [7, 11) is 1.01. The van der Waals surface area contributed by atoms with E-state index in [1.165, 1.54) is 12.6 Å². The molecule has 0 aromatic rings. The normalized spacial score (nSPS) is 12.5. The van der Waals surface area contributed by atoms with Gasteiger partial charge in [-0.05, 0) is 6.16 Å². The Morgan fingerprint density at radius 3 is 2.36 bits per heavy atom. The zero-order valence-electron chi connectivity index (χ0n) is 7.87. The lowest BCUT2D eigenvalue weighted by molar-refractivity contribution is 0.398. The van der Waals surface area contributed by atoms with Crippen LogP contribution < -0.4 is 0 Å². The third-order valence-corrected chi connectivity index (χ3v) is 4.13. The van der Waals surface area contributed by atoms with Crippen molar-refractivity contribution in [2.24, 2.45) is 5.41 Å². The summed E-state index contributed by atoms with van der Waals surface area (Å²) in [6, 6.07) is 0. The molecule has 1 atom stereocenters. The van der Waals surface area contributed by atoms with E-state index in [0.717, 1.165) is 8.46 Å². The third-order valence-electron chi connectivity index (χ3n) is 1.49. The standard InChI is InChI=1S/C8H17BIP/c1-7(2)5-8(3,4)6-11-9-10/h11H,5-6H2,1-4H3/q+1. The van der Waals surface area contributed by atoms with Gasteiger partial charge in [0.1, 0.15) is 0 Å². The van der Waals surface area contributed by atoms with Crippen LogP contribution >= 0.6 is 30.8 Å². The van der Waals surface area contributed by atoms with Crippen molar-refractivity contribution >= 4 is 35.7 Å². The van der Waals surface area contributed by atoms with Crippen LogP contribution in [0.1, 0.15) is 34.1 Å². The van der Waals surface area contributed by atoms with Crippen LogP contribution in [0.5, 0.6) is 0 Å². The summed E-state index contributed by atoms with van der Waals surface area (Å²) in [5.41, 5.74) is 0.513. The Labute approximate surface area is 87.1 Å². The maximum Gasteiger partial charge on any atom is 0.230 e. The van der Waals surface area contributed by atoms with Crippen molar-refractivity contribution in [1.82, 2.24) is 0 Å². The van der Waals surface area contributed by atoms with E-state index in [4.69, 9.17) is 0 Å². The summed E-state index contributed by atoms with van der Waals surface area (Å²) in [6.45, 7) is 9.15. The van der Waals surface area contributed by atoms with Gasteiger partial charge in [-0.1, -0.05) is 13.8 Å². The summed E-state index contributed by atoms with van der Waals surface area (Å²) in [6.07, 6.45) is 2.60. The number of halogens is 1. The topological polar surface area (TPSA) is 0 Å². The molecule has 63 valence electrons. The van der Waals surface area contributed by atoms with E-state index in [2.05, 4.69) is 54.9 Å². The Hall–Kier alpha value is 1.09. The van der Waals surface area contributed by atoms with Crippen molar-refractivity contribution in [1.29, 1.82) is 0 Å². The SMILES string of the molecule is C[C+](C)CC(C)(C)CP[B]I. The van der Waals surface area contributed by atoms with Gasteiger partial charge in [-0.25, -0.2) is 0 Å². The molecule has 0 saturated heterocycles. The maximum atomic E-state index is 2.35. The molecule has 0 rings (SSSR count). The van der Waals surface area contributed by atoms with Crippen LogP contribution in [-0.4, -0.2) is 11.0 Å². The lowest BCUT2D eigenvalue weighted by Gasteiger charge is -2.20. The van der Waals surface area contributed by atoms with E-state index in [-0.39, 0.29) is 0 Å². The molecule has 0 fully saturated rings. The second kappa shape index (κ2) is 5.69. The average Bonchev–Trinajstić information content (AvgIpc) is 1.81. The zero-order chi connectivity index (χ0) is 8.91. The molecule has 0 spiro atoms. The Morgan fingerprint density at radius 1 is 1.45 bits per heavy atom. The van der Waals surface area contributed by atoms with Crippen LogP contribution in [0.25, 0.3) is 0 Å². The minimum Gasteiger partial charge on any atom is -0.152 e. The van der Waals surface area contributed by atoms with E-state index in [9.17, 15) is 0 Å². The highest BCUT2D eigenvalue weighted by molar-refractivity contribution is 14.1. The van der Waals surface area contributed by atoms with Gasteiger partial charge in [0, 0.05) is 5.41 Å². The molecule has 0 heterocycles. The number of hydrogen-bond donors (Lipinski definition) is 0. The van der Waals surface area contributed by atoms with Crippen molar-refractivity contribution in [3.8, 4) is 0 Å². The predicted octanol–water partition coefficient (Wildman–Crippen LogP) is 3.66. The Morgan fingerprint density at radius 2 is 2.00 bits per heavy atom. The molecule has 0 bridgehead atoms. The molecule has 0 aromatic carbocycles. The molecular weight excluding hydrogens is 265 g/mol. The van der Waals surface area contributed by atoms with E-state index in [1.54, 1.807) is 5.92 Å². The van der Waals surface area contributed by atoms with Crippen molar-refractivity contribution < 1.29 is 0 Å². The summed E-state index contributed by atoms with van der Waals surface area (Å²) in [4.78, 5) is 2.25. The number of rotatable bonds is 5. The summed E-state index contributed by atoms with van der Waals surface area (Å²) in [5, 5.41) is 0. The molecule has 3 heteroatoms. The molecular formula is C8H17BIP+. The van der Waals surface area contributed by atoms with Gasteiger partial charge in [-0.15, -0.1) is 8.46 Å². The molecule has 0 aliphatic rings. The Balaban J connectivity index is 3.61. The van der Waals surface area contributed by atoms with Gasteiger partial charge in [0.05, 0.1) is 26.2 Å². The highest BCUT2D eigenvalue weighted by Gasteiger charge is 2.24. The molecule has 0 aliphatic heterocycles. The molecule has 11 heavy (non-hydrogen) atoms. The van der Waals surface area contributed by atoms with Crippen LogP contribution in [-0.2, 0) is 0 Å². The molecule has 0 N–H and O–H groups in total. The molecule has 0 aliphatic carbocycles. The highest BCUT2D eigenvalue weighted by Crippen LogP contribution is 2.32. The van der Waals surface area contributed by atoms with Crippen molar-refractivity contribution in [3.05, 3.63) is 5.92 Å². The summed E-state index contributed by atoms with van der Waals surface area (Å²) >= 11 is 2.34. The second-order valence-corrected chi connectivity index (χ2v) is 6.89. The quantitative estimate of drug-likeness (QED) is 0.312. The first-order chi connectivity index (χ1) is 4.98. The van der Waals surface area contributed by atoms with Gasteiger partial charge in [-0.3, -0.25) is 0 Å². The molecule has 0 nitrogen and oxygen atoms in total. The van der Waals surface area contributed by atoms with Crippen molar-refractivity contribution in [2.75, 3.05) is 6.16 Å². The fourth-order valence-corrected chi connectivity index (χ4v) is 2.75. The van der Waals surface area contributed by atoms with Gasteiger partial charge < -0.3 is 0 Å². The van der Waals surface area contributed by atoms with E-state index >= 15 is 0 Å². The van der Waals surface area contributed by atoms with E-state index in [0.29, 0.717) is 5.41 Å². The molecule has 0 amide bonds. The molecule has 0 saturated carbocycles. The van der Waals surface area contributed by atoms with Crippen LogP contribution in [0.2, 0.25) is 0 Å². The first kappa shape index (κ1) is 12.1. The highest BCUT2D eigenvalue weighted by atomic mass is 127. The smallest absolute Gasteiger partial charge is 0.152 e. The number of hydrogen-bond acceptors (Lipinski definition) is 0. The summed E-state index contributed by atoms with van der Waals surface area (Å²) in [5.74, 6) is 1.55. The first-order valence-electron chi connectivity index (χ1n) is 3.92. The van der Waals surface area contributed by atoms with Gasteiger partial charge in [0.25, 0.3) is 0 Å². The zero-order valence-corrected chi connectivity index (χ0v) is 11.0. The minimum atomic E-state index is 0.513. The van der Waals surface area contributed by atoms with Crippen LogP contribution in [0, 0.1) is 11.3 Å².